The molecule has 1 aliphatic rings. The van der Waals surface area contributed by atoms with Crippen molar-refractivity contribution in [3.8, 4) is 17.0 Å². The number of hydrogen-bond donors (Lipinski definition) is 4. The van der Waals surface area contributed by atoms with Gasteiger partial charge in [-0.15, -0.1) is 10.2 Å². The molecule has 0 aliphatic carbocycles. The lowest BCUT2D eigenvalue weighted by atomic mass is 9.99. The van der Waals surface area contributed by atoms with Gasteiger partial charge in [0.2, 0.25) is 0 Å². The Kier molecular flexibility index (Phi) is 6.65. The number of ether oxygens (including phenoxy) is 1. The van der Waals surface area contributed by atoms with E-state index in [1.165, 1.54) is 13.2 Å². The van der Waals surface area contributed by atoms with Gasteiger partial charge in [-0.05, 0) is 43.5 Å². The summed E-state index contributed by atoms with van der Waals surface area (Å²) in [6, 6.07) is 2.34. The molecule has 168 valence electrons. The number of esters is 1. The van der Waals surface area contributed by atoms with Crippen LogP contribution in [0.25, 0.3) is 11.3 Å². The van der Waals surface area contributed by atoms with Crippen molar-refractivity contribution in [1.82, 2.24) is 15.5 Å². The fourth-order valence-electron chi connectivity index (χ4n) is 3.60. The number of carbonyl (C=O) groups excluding carboxylic acids is 1. The first-order valence-corrected chi connectivity index (χ1v) is 9.70. The third kappa shape index (κ3) is 4.88. The molecule has 0 amide bonds. The van der Waals surface area contributed by atoms with Crippen LogP contribution in [0.15, 0.2) is 18.2 Å². The van der Waals surface area contributed by atoms with Crippen LogP contribution >= 0.6 is 0 Å². The number of phenols is 1. The first kappa shape index (κ1) is 22.8. The van der Waals surface area contributed by atoms with Crippen molar-refractivity contribution < 1.29 is 27.8 Å². The third-order valence-electron chi connectivity index (χ3n) is 5.37. The molecule has 8 nitrogen and oxygen atoms in total. The number of methoxy groups -OCH3 is 1. The number of piperidine rings is 1. The van der Waals surface area contributed by atoms with E-state index in [0.29, 0.717) is 42.4 Å². The van der Waals surface area contributed by atoms with Crippen molar-refractivity contribution >= 4 is 11.8 Å². The van der Waals surface area contributed by atoms with E-state index in [9.17, 15) is 23.1 Å². The zero-order chi connectivity index (χ0) is 22.8. The molecular formula is C20H24F3N5O3. The Hall–Kier alpha value is -2.92. The predicted molar refractivity (Wildman–Crippen MR) is 107 cm³/mol. The average Bonchev–Trinajstić information content (AvgIpc) is 2.74. The average molecular weight is 439 g/mol. The summed E-state index contributed by atoms with van der Waals surface area (Å²) in [4.78, 5) is 11.6. The molecule has 11 heteroatoms. The number of anilines is 1. The summed E-state index contributed by atoms with van der Waals surface area (Å²) < 4.78 is 43.4. The van der Waals surface area contributed by atoms with Gasteiger partial charge in [-0.3, -0.25) is 4.79 Å². The van der Waals surface area contributed by atoms with E-state index in [-0.39, 0.29) is 35.9 Å². The Morgan fingerprint density at radius 3 is 2.65 bits per heavy atom. The minimum absolute atomic E-state index is 0.0229. The second kappa shape index (κ2) is 9.06. The molecule has 2 atom stereocenters. The van der Waals surface area contributed by atoms with E-state index in [2.05, 4.69) is 20.8 Å². The first-order chi connectivity index (χ1) is 14.7. The minimum atomic E-state index is -4.56. The van der Waals surface area contributed by atoms with Gasteiger partial charge in [0.05, 0.1) is 12.7 Å². The number of nitrogens with two attached hydrogens (primary N) is 1. The molecule has 5 N–H and O–H groups in total. The molecule has 0 spiro atoms. The van der Waals surface area contributed by atoms with Gasteiger partial charge in [0.1, 0.15) is 17.5 Å². The monoisotopic (exact) mass is 439 g/mol. The number of halogens is 3. The molecule has 1 saturated heterocycles. The van der Waals surface area contributed by atoms with Crippen LogP contribution in [0.3, 0.4) is 0 Å². The maximum absolute atomic E-state index is 12.9. The zero-order valence-electron chi connectivity index (χ0n) is 17.1. The highest BCUT2D eigenvalue weighted by Crippen LogP contribution is 2.37. The van der Waals surface area contributed by atoms with Crippen LogP contribution < -0.4 is 16.4 Å². The maximum Gasteiger partial charge on any atom is 0.416 e. The maximum atomic E-state index is 12.9. The van der Waals surface area contributed by atoms with Crippen molar-refractivity contribution in [1.29, 1.82) is 0 Å². The summed E-state index contributed by atoms with van der Waals surface area (Å²) in [5.74, 6) is -0.392. The van der Waals surface area contributed by atoms with E-state index < -0.39 is 17.5 Å². The Morgan fingerprint density at radius 2 is 2.10 bits per heavy atom. The molecule has 0 unspecified atom stereocenters. The van der Waals surface area contributed by atoms with Crippen LogP contribution in [0.1, 0.15) is 29.5 Å². The van der Waals surface area contributed by atoms with E-state index >= 15 is 0 Å². The van der Waals surface area contributed by atoms with Crippen molar-refractivity contribution in [2.45, 2.75) is 44.6 Å². The molecule has 1 aliphatic heterocycles. The van der Waals surface area contributed by atoms with Gasteiger partial charge in [-0.25, -0.2) is 0 Å². The molecule has 1 aromatic heterocycles. The molecule has 0 saturated carbocycles. The molecule has 0 bridgehead atoms. The topological polar surface area (TPSA) is 122 Å². The highest BCUT2D eigenvalue weighted by molar-refractivity contribution is 5.76. The summed E-state index contributed by atoms with van der Waals surface area (Å²) in [6.45, 7) is 2.34. The quantitative estimate of drug-likeness (QED) is 0.524. The second-order valence-electron chi connectivity index (χ2n) is 7.34. The molecule has 0 radical (unpaired) electrons. The Bertz CT molecular complexity index is 960. The Morgan fingerprint density at radius 1 is 1.35 bits per heavy atom. The zero-order valence-corrected chi connectivity index (χ0v) is 17.1. The van der Waals surface area contributed by atoms with Gasteiger partial charge < -0.3 is 26.2 Å². The highest BCUT2D eigenvalue weighted by atomic mass is 19.4. The number of phenolic OH excluding ortho intramolecular Hbond substituents is 1. The lowest BCUT2D eigenvalue weighted by Crippen LogP contribution is -2.48. The van der Waals surface area contributed by atoms with Crippen LogP contribution in [0, 0.1) is 6.92 Å². The largest absolute Gasteiger partial charge is 0.507 e. The number of benzene rings is 1. The molecule has 1 aromatic carbocycles. The van der Waals surface area contributed by atoms with Crippen molar-refractivity contribution in [2.75, 3.05) is 19.0 Å². The third-order valence-corrected chi connectivity index (χ3v) is 5.37. The number of hydrogen-bond acceptors (Lipinski definition) is 8. The fourth-order valence-corrected chi connectivity index (χ4v) is 3.60. The normalized spacial score (nSPS) is 19.2. The number of carbonyl (C=O) groups is 1. The smallest absolute Gasteiger partial charge is 0.416 e. The number of aromatic hydroxyl groups is 1. The van der Waals surface area contributed by atoms with E-state index in [1.807, 2.05) is 0 Å². The molecule has 31 heavy (non-hydrogen) atoms. The van der Waals surface area contributed by atoms with Crippen molar-refractivity contribution in [2.24, 2.45) is 5.73 Å². The first-order valence-electron chi connectivity index (χ1n) is 9.70. The van der Waals surface area contributed by atoms with Crippen LogP contribution in [-0.2, 0) is 22.3 Å². The standard InChI is InChI=1S/C20H24F3N5O3/c1-10-14(8-24)18(26-12-4-6-15(25-9-12)19(30)31-2)28-27-17(10)13-5-3-11(7-16(13)29)20(21,22)23/h3,5,7,12,15,25,29H,4,6,8-9,24H2,1-2H3,(H,26,28)/t12-,15+/m1/s1. The van der Waals surface area contributed by atoms with Crippen LogP contribution in [-0.4, -0.2) is 47.0 Å². The van der Waals surface area contributed by atoms with Crippen LogP contribution in [0.2, 0.25) is 0 Å². The number of nitrogens with one attached hydrogen (secondary N) is 2. The Balaban J connectivity index is 1.82. The van der Waals surface area contributed by atoms with Crippen LogP contribution in [0.4, 0.5) is 19.0 Å². The minimum Gasteiger partial charge on any atom is -0.507 e. The fraction of sp³-hybridized carbons (Fsp3) is 0.450. The van der Waals surface area contributed by atoms with Gasteiger partial charge in [-0.1, -0.05) is 0 Å². The summed E-state index contributed by atoms with van der Waals surface area (Å²) in [6.07, 6.45) is -3.28. The lowest BCUT2D eigenvalue weighted by Gasteiger charge is -2.29. The second-order valence-corrected chi connectivity index (χ2v) is 7.34. The van der Waals surface area contributed by atoms with Gasteiger partial charge in [-0.2, -0.15) is 13.2 Å². The van der Waals surface area contributed by atoms with Crippen molar-refractivity contribution in [3.63, 3.8) is 0 Å². The number of aromatic nitrogens is 2. The number of rotatable bonds is 5. The summed E-state index contributed by atoms with van der Waals surface area (Å²) >= 11 is 0. The number of nitrogens with zero attached hydrogens (tertiary/aromatic N) is 2. The molecule has 2 aromatic rings. The van der Waals surface area contributed by atoms with Gasteiger partial charge >= 0.3 is 12.1 Å². The van der Waals surface area contributed by atoms with Crippen molar-refractivity contribution in [3.05, 3.63) is 34.9 Å². The van der Waals surface area contributed by atoms with E-state index in [0.717, 1.165) is 6.07 Å². The number of alkyl halides is 3. The van der Waals surface area contributed by atoms with Crippen LogP contribution in [0.5, 0.6) is 5.75 Å². The van der Waals surface area contributed by atoms with E-state index in [4.69, 9.17) is 10.5 Å². The molecule has 2 heterocycles. The molecule has 3 rings (SSSR count). The Labute approximate surface area is 177 Å². The SMILES string of the molecule is COC(=O)[C@@H]1CC[C@@H](Nc2nnc(-c3ccc(C(F)(F)F)cc3O)c(C)c2CN)CN1. The lowest BCUT2D eigenvalue weighted by molar-refractivity contribution is -0.143. The predicted octanol–water partition coefficient (Wildman–Crippen LogP) is 2.34. The molecule has 1 fully saturated rings. The van der Waals surface area contributed by atoms with E-state index in [1.54, 1.807) is 6.92 Å². The van der Waals surface area contributed by atoms with Gasteiger partial charge in [0.25, 0.3) is 0 Å². The summed E-state index contributed by atoms with van der Waals surface area (Å²) in [7, 11) is 1.34. The summed E-state index contributed by atoms with van der Waals surface area (Å²) in [5.41, 5.74) is 6.59. The van der Waals surface area contributed by atoms with Gasteiger partial charge in [0.15, 0.2) is 5.82 Å². The summed E-state index contributed by atoms with van der Waals surface area (Å²) in [5, 5.41) is 24.8. The van der Waals surface area contributed by atoms with Gasteiger partial charge in [0, 0.05) is 30.3 Å². The molecular weight excluding hydrogens is 415 g/mol. The highest BCUT2D eigenvalue weighted by Gasteiger charge is 2.32.